The summed E-state index contributed by atoms with van der Waals surface area (Å²) in [5.74, 6) is 0. The van der Waals surface area contributed by atoms with Crippen molar-refractivity contribution in [3.63, 3.8) is 0 Å². The van der Waals surface area contributed by atoms with E-state index in [-0.39, 0.29) is 0 Å². The number of hydrogen-bond acceptors (Lipinski definition) is 2. The molecule has 12 heavy (non-hydrogen) atoms. The third-order valence-corrected chi connectivity index (χ3v) is 4.65. The van der Waals surface area contributed by atoms with Crippen LogP contribution < -0.4 is 0 Å². The highest BCUT2D eigenvalue weighted by Crippen LogP contribution is 2.07. The molecule has 0 aliphatic carbocycles. The molecule has 0 bridgehead atoms. The molecule has 1 saturated heterocycles. The molecule has 1 fully saturated rings. The van der Waals surface area contributed by atoms with Crippen molar-refractivity contribution in [2.24, 2.45) is 0 Å². The zero-order valence-corrected chi connectivity index (χ0v) is 9.18. The Kier molecular flexibility index (Phi) is 3.49. The summed E-state index contributed by atoms with van der Waals surface area (Å²) in [6, 6.07) is 0. The van der Waals surface area contributed by atoms with Crippen molar-refractivity contribution >= 4 is 8.07 Å². The Bertz CT molecular complexity index is 153. The molecule has 1 rings (SSSR count). The molecule has 0 amide bonds. The van der Waals surface area contributed by atoms with Crippen LogP contribution in [0.25, 0.3) is 0 Å². The minimum Gasteiger partial charge on any atom is -0.379 e. The maximum absolute atomic E-state index is 5.30. The molecule has 3 heteroatoms. The van der Waals surface area contributed by atoms with Crippen molar-refractivity contribution in [2.45, 2.75) is 13.1 Å². The summed E-state index contributed by atoms with van der Waals surface area (Å²) in [5.41, 5.74) is 2.17. The average molecular weight is 185 g/mol. The van der Waals surface area contributed by atoms with Crippen LogP contribution in [-0.2, 0) is 4.74 Å². The predicted octanol–water partition coefficient (Wildman–Crippen LogP) is 1.29. The predicted molar refractivity (Wildman–Crippen MR) is 54.9 cm³/mol. The van der Waals surface area contributed by atoms with Crippen molar-refractivity contribution in [3.05, 3.63) is 12.3 Å². The number of rotatable bonds is 3. The summed E-state index contributed by atoms with van der Waals surface area (Å²) < 4.78 is 5.30. The van der Waals surface area contributed by atoms with Crippen LogP contribution in [0, 0.1) is 0 Å². The SMILES string of the molecule is C=C[Si](C)(C)CN1CCOCC1. The monoisotopic (exact) mass is 185 g/mol. The van der Waals surface area contributed by atoms with Crippen LogP contribution in [0.5, 0.6) is 0 Å². The van der Waals surface area contributed by atoms with Gasteiger partial charge in [-0.2, -0.15) is 0 Å². The quantitative estimate of drug-likeness (QED) is 0.614. The fourth-order valence-corrected chi connectivity index (χ4v) is 3.00. The molecule has 1 aliphatic rings. The Labute approximate surface area is 76.2 Å². The fraction of sp³-hybridized carbons (Fsp3) is 0.778. The average Bonchev–Trinajstić information content (AvgIpc) is 2.06. The van der Waals surface area contributed by atoms with Gasteiger partial charge in [-0.15, -0.1) is 12.3 Å². The lowest BCUT2D eigenvalue weighted by Gasteiger charge is -2.31. The fourth-order valence-electron chi connectivity index (χ4n) is 1.40. The molecule has 1 aliphatic heterocycles. The first-order valence-corrected chi connectivity index (χ1v) is 7.86. The van der Waals surface area contributed by atoms with Crippen LogP contribution in [0.15, 0.2) is 12.3 Å². The van der Waals surface area contributed by atoms with Gasteiger partial charge in [0.2, 0.25) is 0 Å². The van der Waals surface area contributed by atoms with Gasteiger partial charge in [0.25, 0.3) is 0 Å². The standard InChI is InChI=1S/C9H19NOSi/c1-4-12(2,3)9-10-5-7-11-8-6-10/h4H,1,5-9H2,2-3H3. The van der Waals surface area contributed by atoms with E-state index < -0.39 is 8.07 Å². The van der Waals surface area contributed by atoms with E-state index in [0.717, 1.165) is 26.3 Å². The van der Waals surface area contributed by atoms with Gasteiger partial charge in [-0.1, -0.05) is 13.1 Å². The van der Waals surface area contributed by atoms with Gasteiger partial charge >= 0.3 is 0 Å². The number of hydrogen-bond donors (Lipinski definition) is 0. The van der Waals surface area contributed by atoms with Crippen LogP contribution in [0.4, 0.5) is 0 Å². The highest BCUT2D eigenvalue weighted by Gasteiger charge is 2.21. The Balaban J connectivity index is 2.33. The molecule has 1 heterocycles. The van der Waals surface area contributed by atoms with Gasteiger partial charge in [-0.05, 0) is 6.17 Å². The number of morpholine rings is 1. The first-order valence-electron chi connectivity index (χ1n) is 4.58. The van der Waals surface area contributed by atoms with Crippen LogP contribution in [0.3, 0.4) is 0 Å². The second kappa shape index (κ2) is 4.21. The molecule has 0 radical (unpaired) electrons. The lowest BCUT2D eigenvalue weighted by Crippen LogP contribution is -2.46. The van der Waals surface area contributed by atoms with E-state index >= 15 is 0 Å². The summed E-state index contributed by atoms with van der Waals surface area (Å²) in [6.07, 6.45) is 1.24. The molecule has 0 unspecified atom stereocenters. The molecule has 0 spiro atoms. The summed E-state index contributed by atoms with van der Waals surface area (Å²) in [5, 5.41) is 0. The lowest BCUT2D eigenvalue weighted by atomic mass is 10.5. The molecule has 0 atom stereocenters. The molecular weight excluding hydrogens is 166 g/mol. The minimum absolute atomic E-state index is 0.904. The van der Waals surface area contributed by atoms with E-state index in [2.05, 4.69) is 30.3 Å². The van der Waals surface area contributed by atoms with Crippen LogP contribution in [0.2, 0.25) is 13.1 Å². The molecule has 0 saturated carbocycles. The van der Waals surface area contributed by atoms with Gasteiger partial charge in [0, 0.05) is 13.1 Å². The van der Waals surface area contributed by atoms with Gasteiger partial charge in [0.05, 0.1) is 21.3 Å². The smallest absolute Gasteiger partial charge is 0.0854 e. The molecule has 70 valence electrons. The van der Waals surface area contributed by atoms with Crippen molar-refractivity contribution in [1.29, 1.82) is 0 Å². The maximum atomic E-state index is 5.30. The van der Waals surface area contributed by atoms with Crippen molar-refractivity contribution < 1.29 is 4.74 Å². The molecule has 0 N–H and O–H groups in total. The van der Waals surface area contributed by atoms with E-state index in [1.54, 1.807) is 0 Å². The van der Waals surface area contributed by atoms with Gasteiger partial charge in [-0.3, -0.25) is 0 Å². The second-order valence-corrected chi connectivity index (χ2v) is 8.78. The Hall–Kier alpha value is -0.123. The van der Waals surface area contributed by atoms with Crippen molar-refractivity contribution in [3.8, 4) is 0 Å². The third-order valence-electron chi connectivity index (χ3n) is 2.29. The van der Waals surface area contributed by atoms with E-state index in [1.807, 2.05) is 0 Å². The van der Waals surface area contributed by atoms with E-state index in [0.29, 0.717) is 0 Å². The molecular formula is C9H19NOSi. The largest absolute Gasteiger partial charge is 0.379 e. The van der Waals surface area contributed by atoms with Gasteiger partial charge < -0.3 is 9.64 Å². The van der Waals surface area contributed by atoms with E-state index in [1.165, 1.54) is 6.17 Å². The lowest BCUT2D eigenvalue weighted by molar-refractivity contribution is 0.0456. The highest BCUT2D eigenvalue weighted by molar-refractivity contribution is 6.82. The summed E-state index contributed by atoms with van der Waals surface area (Å²) in [6.45, 7) is 12.6. The van der Waals surface area contributed by atoms with Crippen LogP contribution in [-0.4, -0.2) is 45.4 Å². The summed E-state index contributed by atoms with van der Waals surface area (Å²) >= 11 is 0. The highest BCUT2D eigenvalue weighted by atomic mass is 28.3. The van der Waals surface area contributed by atoms with Crippen LogP contribution >= 0.6 is 0 Å². The molecule has 0 aromatic heterocycles. The van der Waals surface area contributed by atoms with Gasteiger partial charge in [-0.25, -0.2) is 0 Å². The second-order valence-electron chi connectivity index (χ2n) is 4.08. The zero-order valence-electron chi connectivity index (χ0n) is 8.18. The molecule has 0 aromatic rings. The summed E-state index contributed by atoms with van der Waals surface area (Å²) in [7, 11) is -1.13. The number of ether oxygens (including phenoxy) is 1. The first-order chi connectivity index (χ1) is 5.64. The molecule has 2 nitrogen and oxygen atoms in total. The number of nitrogens with zero attached hydrogens (tertiary/aromatic N) is 1. The van der Waals surface area contributed by atoms with E-state index in [4.69, 9.17) is 4.74 Å². The minimum atomic E-state index is -1.13. The van der Waals surface area contributed by atoms with E-state index in [9.17, 15) is 0 Å². The van der Waals surface area contributed by atoms with Crippen molar-refractivity contribution in [2.75, 3.05) is 32.5 Å². The third kappa shape index (κ3) is 3.09. The topological polar surface area (TPSA) is 12.5 Å². The first kappa shape index (κ1) is 9.96. The molecule has 0 aromatic carbocycles. The van der Waals surface area contributed by atoms with Crippen molar-refractivity contribution in [1.82, 2.24) is 4.90 Å². The Morgan fingerprint density at radius 3 is 2.50 bits per heavy atom. The van der Waals surface area contributed by atoms with Gasteiger partial charge in [0.1, 0.15) is 0 Å². The maximum Gasteiger partial charge on any atom is 0.0854 e. The zero-order chi connectivity index (χ0) is 9.03. The van der Waals surface area contributed by atoms with Crippen LogP contribution in [0.1, 0.15) is 0 Å². The van der Waals surface area contributed by atoms with Gasteiger partial charge in [0.15, 0.2) is 0 Å². The summed E-state index contributed by atoms with van der Waals surface area (Å²) in [4.78, 5) is 2.50. The Morgan fingerprint density at radius 1 is 1.42 bits per heavy atom. The Morgan fingerprint density at radius 2 is 2.00 bits per heavy atom. The normalized spacial score (nSPS) is 20.8.